The summed E-state index contributed by atoms with van der Waals surface area (Å²) in [5.74, 6) is 0.238. The highest BCUT2D eigenvalue weighted by atomic mass is 16.6. The molecule has 94 valence electrons. The molecule has 0 aliphatic heterocycles. The first-order valence-corrected chi connectivity index (χ1v) is 5.07. The standard InChI is InChI=1S/C12H10O6/c1-15-9-4-2-8(3-5-9)11-10(6-16-7-13)17-12(14)18-11/h2-5,7H,6H2,1H3. The van der Waals surface area contributed by atoms with Crippen LogP contribution in [0.25, 0.3) is 11.3 Å². The van der Waals surface area contributed by atoms with Crippen molar-refractivity contribution in [3.8, 4) is 17.1 Å². The largest absolute Gasteiger partial charge is 0.519 e. The van der Waals surface area contributed by atoms with Crippen LogP contribution in [0.3, 0.4) is 0 Å². The molecule has 0 atom stereocenters. The Morgan fingerprint density at radius 2 is 1.94 bits per heavy atom. The molecule has 18 heavy (non-hydrogen) atoms. The van der Waals surface area contributed by atoms with E-state index >= 15 is 0 Å². The average Bonchev–Trinajstić information content (AvgIpc) is 2.77. The zero-order valence-corrected chi connectivity index (χ0v) is 9.54. The van der Waals surface area contributed by atoms with E-state index in [1.807, 2.05) is 0 Å². The van der Waals surface area contributed by atoms with E-state index in [1.54, 1.807) is 31.4 Å². The summed E-state index contributed by atoms with van der Waals surface area (Å²) >= 11 is 0. The van der Waals surface area contributed by atoms with Crippen LogP contribution in [0.2, 0.25) is 0 Å². The molecule has 0 N–H and O–H groups in total. The molecule has 0 saturated carbocycles. The van der Waals surface area contributed by atoms with Crippen molar-refractivity contribution in [2.45, 2.75) is 6.61 Å². The summed E-state index contributed by atoms with van der Waals surface area (Å²) in [7, 11) is 1.55. The summed E-state index contributed by atoms with van der Waals surface area (Å²) in [5, 5.41) is 0. The molecular formula is C12H10O6. The van der Waals surface area contributed by atoms with Crippen LogP contribution in [0, 0.1) is 0 Å². The number of carbonyl (C=O) groups excluding carboxylic acids is 1. The van der Waals surface area contributed by atoms with Crippen molar-refractivity contribution in [2.75, 3.05) is 7.11 Å². The monoisotopic (exact) mass is 250 g/mol. The van der Waals surface area contributed by atoms with Gasteiger partial charge in [0.25, 0.3) is 6.47 Å². The summed E-state index contributed by atoms with van der Waals surface area (Å²) in [6.45, 7) is 0.113. The third-order valence-corrected chi connectivity index (χ3v) is 2.28. The van der Waals surface area contributed by atoms with Crippen LogP contribution < -0.4 is 10.6 Å². The van der Waals surface area contributed by atoms with E-state index < -0.39 is 5.82 Å². The van der Waals surface area contributed by atoms with Gasteiger partial charge in [-0.3, -0.25) is 4.79 Å². The van der Waals surface area contributed by atoms with Crippen LogP contribution in [0.15, 0.2) is 37.9 Å². The van der Waals surface area contributed by atoms with Gasteiger partial charge in [-0.25, -0.2) is 4.79 Å². The van der Waals surface area contributed by atoms with Crippen LogP contribution >= 0.6 is 0 Å². The summed E-state index contributed by atoms with van der Waals surface area (Å²) in [6.07, 6.45) is 0. The minimum Gasteiger partial charge on any atom is -0.497 e. The Morgan fingerprint density at radius 1 is 1.22 bits per heavy atom. The van der Waals surface area contributed by atoms with Crippen LogP contribution in [-0.2, 0) is 16.1 Å². The quantitative estimate of drug-likeness (QED) is 0.749. The molecule has 6 nitrogen and oxygen atoms in total. The number of carbonyl (C=O) groups is 1. The third kappa shape index (κ3) is 2.42. The highest BCUT2D eigenvalue weighted by molar-refractivity contribution is 5.60. The lowest BCUT2D eigenvalue weighted by Crippen LogP contribution is -1.91. The number of methoxy groups -OCH3 is 1. The first-order chi connectivity index (χ1) is 8.74. The summed E-state index contributed by atoms with van der Waals surface area (Å²) in [4.78, 5) is 21.2. The summed E-state index contributed by atoms with van der Waals surface area (Å²) in [5.41, 5.74) is 0.631. The predicted molar refractivity (Wildman–Crippen MR) is 60.1 cm³/mol. The van der Waals surface area contributed by atoms with Crippen molar-refractivity contribution in [1.82, 2.24) is 0 Å². The fraction of sp³-hybridized carbons (Fsp3) is 0.167. The Kier molecular flexibility index (Phi) is 3.47. The molecule has 1 aromatic heterocycles. The Hall–Kier alpha value is -2.50. The number of hydrogen-bond acceptors (Lipinski definition) is 6. The Bertz CT molecular complexity index is 577. The zero-order valence-electron chi connectivity index (χ0n) is 9.54. The van der Waals surface area contributed by atoms with Crippen molar-refractivity contribution in [3.05, 3.63) is 40.6 Å². The van der Waals surface area contributed by atoms with Gasteiger partial charge in [0.05, 0.1) is 7.11 Å². The van der Waals surface area contributed by atoms with Gasteiger partial charge in [-0.15, -0.1) is 0 Å². The normalized spacial score (nSPS) is 10.1. The van der Waals surface area contributed by atoms with E-state index in [9.17, 15) is 9.59 Å². The van der Waals surface area contributed by atoms with Crippen molar-refractivity contribution < 1.29 is 23.1 Å². The van der Waals surface area contributed by atoms with Crippen molar-refractivity contribution in [3.63, 3.8) is 0 Å². The Morgan fingerprint density at radius 3 is 2.56 bits per heavy atom. The first-order valence-electron chi connectivity index (χ1n) is 5.07. The fourth-order valence-electron chi connectivity index (χ4n) is 1.48. The minimum atomic E-state index is -0.842. The van der Waals surface area contributed by atoms with Crippen LogP contribution in [0.1, 0.15) is 5.76 Å². The number of hydrogen-bond donors (Lipinski definition) is 0. The molecule has 0 aliphatic rings. The minimum absolute atomic E-state index is 0.156. The van der Waals surface area contributed by atoms with Crippen LogP contribution in [0.4, 0.5) is 0 Å². The van der Waals surface area contributed by atoms with Crippen molar-refractivity contribution in [1.29, 1.82) is 0 Å². The van der Waals surface area contributed by atoms with Crippen molar-refractivity contribution in [2.24, 2.45) is 0 Å². The van der Waals surface area contributed by atoms with Crippen LogP contribution in [0.5, 0.6) is 5.75 Å². The average molecular weight is 250 g/mol. The van der Waals surface area contributed by atoms with Gasteiger partial charge in [0.1, 0.15) is 5.75 Å². The fourth-order valence-corrected chi connectivity index (χ4v) is 1.48. The van der Waals surface area contributed by atoms with Gasteiger partial charge in [-0.05, 0) is 24.3 Å². The third-order valence-electron chi connectivity index (χ3n) is 2.28. The van der Waals surface area contributed by atoms with Gasteiger partial charge < -0.3 is 18.3 Å². The summed E-state index contributed by atoms with van der Waals surface area (Å²) < 4.78 is 19.3. The van der Waals surface area contributed by atoms with Gasteiger partial charge in [-0.1, -0.05) is 0 Å². The summed E-state index contributed by atoms with van der Waals surface area (Å²) in [6, 6.07) is 6.84. The second kappa shape index (κ2) is 5.22. The van der Waals surface area contributed by atoms with Gasteiger partial charge >= 0.3 is 5.82 Å². The van der Waals surface area contributed by atoms with Crippen LogP contribution in [-0.4, -0.2) is 13.6 Å². The maximum absolute atomic E-state index is 11.1. The molecule has 0 aliphatic carbocycles. The number of ether oxygens (including phenoxy) is 2. The first kappa shape index (κ1) is 12.0. The van der Waals surface area contributed by atoms with E-state index in [1.165, 1.54) is 0 Å². The smallest absolute Gasteiger partial charge is 0.497 e. The maximum atomic E-state index is 11.1. The van der Waals surface area contributed by atoms with Gasteiger partial charge in [-0.2, -0.15) is 0 Å². The lowest BCUT2D eigenvalue weighted by molar-refractivity contribution is -0.130. The SMILES string of the molecule is COc1ccc(-c2oc(=O)oc2COC=O)cc1. The van der Waals surface area contributed by atoms with Gasteiger partial charge in [0, 0.05) is 5.56 Å². The molecule has 0 unspecified atom stereocenters. The lowest BCUT2D eigenvalue weighted by Gasteiger charge is -2.01. The van der Waals surface area contributed by atoms with Crippen molar-refractivity contribution >= 4 is 6.47 Å². The van der Waals surface area contributed by atoms with Gasteiger partial charge in [0.2, 0.25) is 0 Å². The Labute approximate surface area is 102 Å². The van der Waals surface area contributed by atoms with Gasteiger partial charge in [0.15, 0.2) is 18.1 Å². The zero-order chi connectivity index (χ0) is 13.0. The molecule has 0 amide bonds. The second-order valence-corrected chi connectivity index (χ2v) is 3.34. The second-order valence-electron chi connectivity index (χ2n) is 3.34. The predicted octanol–water partition coefficient (Wildman–Crippen LogP) is 1.58. The topological polar surface area (TPSA) is 78.9 Å². The highest BCUT2D eigenvalue weighted by Gasteiger charge is 2.15. The van der Waals surface area contributed by atoms with E-state index in [2.05, 4.69) is 4.74 Å². The molecule has 6 heteroatoms. The lowest BCUT2D eigenvalue weighted by atomic mass is 10.1. The molecule has 2 aromatic rings. The van der Waals surface area contributed by atoms with E-state index in [0.717, 1.165) is 0 Å². The Balaban J connectivity index is 2.35. The molecule has 1 aromatic carbocycles. The molecule has 1 heterocycles. The van der Waals surface area contributed by atoms with E-state index in [-0.39, 0.29) is 24.6 Å². The highest BCUT2D eigenvalue weighted by Crippen LogP contribution is 2.25. The molecule has 0 spiro atoms. The molecule has 0 fully saturated rings. The molecule has 2 rings (SSSR count). The maximum Gasteiger partial charge on any atom is 0.519 e. The number of benzene rings is 1. The van der Waals surface area contributed by atoms with E-state index in [4.69, 9.17) is 13.6 Å². The van der Waals surface area contributed by atoms with E-state index in [0.29, 0.717) is 11.3 Å². The number of rotatable bonds is 5. The molecule has 0 bridgehead atoms. The molecule has 0 saturated heterocycles. The molecule has 0 radical (unpaired) electrons. The molecular weight excluding hydrogens is 240 g/mol.